The maximum atomic E-state index is 11.1. The third kappa shape index (κ3) is 3.11. The van der Waals surface area contributed by atoms with E-state index in [-0.39, 0.29) is 16.1 Å². The van der Waals surface area contributed by atoms with Gasteiger partial charge in [0.25, 0.3) is 5.69 Å². The van der Waals surface area contributed by atoms with Gasteiger partial charge >= 0.3 is 0 Å². The Kier molecular flexibility index (Phi) is 4.37. The topological polar surface area (TPSA) is 94.1 Å². The van der Waals surface area contributed by atoms with Crippen LogP contribution in [0.15, 0.2) is 30.5 Å². The fourth-order valence-corrected chi connectivity index (χ4v) is 2.23. The fraction of sp³-hybridized carbons (Fsp3) is 0.400. The van der Waals surface area contributed by atoms with Crippen LogP contribution in [0.3, 0.4) is 0 Å². The maximum absolute atomic E-state index is 11.1. The third-order valence-electron chi connectivity index (χ3n) is 3.98. The molecule has 1 aromatic heterocycles. The van der Waals surface area contributed by atoms with Crippen LogP contribution < -0.4 is 11.1 Å². The zero-order valence-electron chi connectivity index (χ0n) is 12.3. The van der Waals surface area contributed by atoms with E-state index in [0.29, 0.717) is 17.4 Å². The Labute approximate surface area is 123 Å². The van der Waals surface area contributed by atoms with Crippen molar-refractivity contribution in [1.82, 2.24) is 4.98 Å². The van der Waals surface area contributed by atoms with E-state index >= 15 is 0 Å². The highest BCUT2D eigenvalue weighted by Crippen LogP contribution is 2.30. The number of pyridine rings is 1. The zero-order chi connectivity index (χ0) is 15.5. The first-order valence-corrected chi connectivity index (χ1v) is 7.05. The summed E-state index contributed by atoms with van der Waals surface area (Å²) in [7, 11) is 0. The molecule has 2 aromatic rings. The van der Waals surface area contributed by atoms with Gasteiger partial charge in [0, 0.05) is 24.3 Å². The maximum Gasteiger partial charge on any atom is 0.278 e. The molecule has 0 aliphatic carbocycles. The van der Waals surface area contributed by atoms with E-state index in [1.54, 1.807) is 24.4 Å². The van der Waals surface area contributed by atoms with E-state index in [4.69, 9.17) is 5.73 Å². The molecular weight excluding hydrogens is 268 g/mol. The minimum Gasteiger partial charge on any atom is -0.381 e. The summed E-state index contributed by atoms with van der Waals surface area (Å²) in [4.78, 5) is 15.0. The van der Waals surface area contributed by atoms with Crippen LogP contribution in [-0.2, 0) is 0 Å². The molecule has 1 heterocycles. The number of nitro groups is 1. The minimum atomic E-state index is -0.390. The van der Waals surface area contributed by atoms with E-state index in [0.717, 1.165) is 18.5 Å². The Bertz CT molecular complexity index is 653. The smallest absolute Gasteiger partial charge is 0.278 e. The van der Waals surface area contributed by atoms with Crippen LogP contribution in [-0.4, -0.2) is 22.0 Å². The van der Waals surface area contributed by atoms with Crippen molar-refractivity contribution in [2.45, 2.75) is 32.2 Å². The van der Waals surface area contributed by atoms with Gasteiger partial charge in [0.2, 0.25) is 0 Å². The van der Waals surface area contributed by atoms with Crippen molar-refractivity contribution >= 4 is 22.3 Å². The van der Waals surface area contributed by atoms with Gasteiger partial charge in [-0.2, -0.15) is 0 Å². The second kappa shape index (κ2) is 6.05. The molecule has 0 amide bonds. The second-order valence-corrected chi connectivity index (χ2v) is 5.21. The Hall–Kier alpha value is -2.21. The van der Waals surface area contributed by atoms with Gasteiger partial charge in [-0.05, 0) is 31.0 Å². The quantitative estimate of drug-likeness (QED) is 0.629. The molecule has 0 bridgehead atoms. The van der Waals surface area contributed by atoms with Crippen LogP contribution >= 0.6 is 0 Å². The van der Waals surface area contributed by atoms with Gasteiger partial charge in [-0.15, -0.1) is 0 Å². The molecule has 2 rings (SSSR count). The van der Waals surface area contributed by atoms with Gasteiger partial charge in [0.05, 0.1) is 16.0 Å². The molecule has 0 radical (unpaired) electrons. The molecule has 0 atom stereocenters. The number of fused-ring (bicyclic) bond motifs is 1. The summed E-state index contributed by atoms with van der Waals surface area (Å²) in [5, 5.41) is 14.9. The number of nitrogens with zero attached hydrogens (tertiary/aromatic N) is 2. The van der Waals surface area contributed by atoms with Crippen LogP contribution in [0.2, 0.25) is 0 Å². The molecule has 1 aromatic carbocycles. The Morgan fingerprint density at radius 2 is 2.05 bits per heavy atom. The number of benzene rings is 1. The highest BCUT2D eigenvalue weighted by atomic mass is 16.6. The van der Waals surface area contributed by atoms with Crippen LogP contribution in [0.4, 0.5) is 11.4 Å². The first kappa shape index (κ1) is 15.2. The normalized spacial score (nSPS) is 11.6. The number of aromatic nitrogens is 1. The molecule has 0 aliphatic rings. The summed E-state index contributed by atoms with van der Waals surface area (Å²) in [6.45, 7) is 4.71. The Morgan fingerprint density at radius 1 is 1.33 bits per heavy atom. The Morgan fingerprint density at radius 3 is 2.67 bits per heavy atom. The van der Waals surface area contributed by atoms with E-state index in [2.05, 4.69) is 24.1 Å². The summed E-state index contributed by atoms with van der Waals surface area (Å²) in [5.74, 6) is 0. The van der Waals surface area contributed by atoms with E-state index in [9.17, 15) is 10.1 Å². The van der Waals surface area contributed by atoms with Crippen molar-refractivity contribution in [3.8, 4) is 0 Å². The first-order chi connectivity index (χ1) is 10.0. The number of nitrogens with two attached hydrogens (primary N) is 1. The van der Waals surface area contributed by atoms with Crippen molar-refractivity contribution in [3.05, 3.63) is 40.6 Å². The van der Waals surface area contributed by atoms with E-state index in [1.165, 1.54) is 6.07 Å². The van der Waals surface area contributed by atoms with Crippen molar-refractivity contribution in [3.63, 3.8) is 0 Å². The number of nitrogens with one attached hydrogen (secondary N) is 1. The summed E-state index contributed by atoms with van der Waals surface area (Å²) in [6.07, 6.45) is 3.34. The molecule has 112 valence electrons. The highest BCUT2D eigenvalue weighted by molar-refractivity contribution is 5.96. The van der Waals surface area contributed by atoms with E-state index in [1.807, 2.05) is 0 Å². The van der Waals surface area contributed by atoms with E-state index < -0.39 is 0 Å². The van der Waals surface area contributed by atoms with Gasteiger partial charge in [-0.1, -0.05) is 13.8 Å². The predicted molar refractivity (Wildman–Crippen MR) is 84.4 cm³/mol. The number of non-ortho nitro benzene ring substituents is 1. The second-order valence-electron chi connectivity index (χ2n) is 5.21. The lowest BCUT2D eigenvalue weighted by molar-refractivity contribution is -0.383. The Balaban J connectivity index is 2.38. The molecular formula is C15H20N4O2. The van der Waals surface area contributed by atoms with Crippen LogP contribution in [0.5, 0.6) is 0 Å². The van der Waals surface area contributed by atoms with Crippen LogP contribution in [0.25, 0.3) is 10.9 Å². The molecule has 0 saturated carbocycles. The largest absolute Gasteiger partial charge is 0.381 e. The lowest BCUT2D eigenvalue weighted by Gasteiger charge is -2.27. The number of nitro benzene ring substituents is 1. The van der Waals surface area contributed by atoms with Crippen molar-refractivity contribution in [2.75, 3.05) is 11.9 Å². The number of rotatable bonds is 6. The summed E-state index contributed by atoms with van der Waals surface area (Å²) in [5.41, 5.74) is 7.42. The van der Waals surface area contributed by atoms with Gasteiger partial charge in [-0.25, -0.2) is 0 Å². The summed E-state index contributed by atoms with van der Waals surface area (Å²) in [6, 6.07) is 6.60. The molecule has 3 N–H and O–H groups in total. The number of hydrogen-bond donors (Lipinski definition) is 2. The van der Waals surface area contributed by atoms with Crippen molar-refractivity contribution in [1.29, 1.82) is 0 Å². The highest BCUT2D eigenvalue weighted by Gasteiger charge is 2.21. The fourth-order valence-electron chi connectivity index (χ4n) is 2.23. The molecule has 0 unspecified atom stereocenters. The lowest BCUT2D eigenvalue weighted by atomic mass is 9.94. The van der Waals surface area contributed by atoms with Gasteiger partial charge < -0.3 is 11.1 Å². The van der Waals surface area contributed by atoms with Gasteiger partial charge in [-0.3, -0.25) is 15.1 Å². The first-order valence-electron chi connectivity index (χ1n) is 7.05. The third-order valence-corrected chi connectivity index (χ3v) is 3.98. The van der Waals surface area contributed by atoms with Crippen LogP contribution in [0.1, 0.15) is 26.7 Å². The van der Waals surface area contributed by atoms with Gasteiger partial charge in [0.1, 0.15) is 5.52 Å². The lowest BCUT2D eigenvalue weighted by Crippen LogP contribution is -2.45. The monoisotopic (exact) mass is 288 g/mol. The molecule has 21 heavy (non-hydrogen) atoms. The predicted octanol–water partition coefficient (Wildman–Crippen LogP) is 3.07. The standard InChI is InChI=1S/C15H20N4O2/c1-3-15(16,4-2)10-18-12-7-8-13(19(20)21)11-6-5-9-17-14(11)12/h5-9,18H,3-4,10,16H2,1-2H3. The molecule has 0 saturated heterocycles. The van der Waals surface area contributed by atoms with Crippen LogP contribution in [0, 0.1) is 10.1 Å². The summed E-state index contributed by atoms with van der Waals surface area (Å²) < 4.78 is 0. The van der Waals surface area contributed by atoms with Crippen molar-refractivity contribution in [2.24, 2.45) is 5.73 Å². The molecule has 6 nitrogen and oxygen atoms in total. The van der Waals surface area contributed by atoms with Gasteiger partial charge in [0.15, 0.2) is 0 Å². The average molecular weight is 288 g/mol. The SMILES string of the molecule is CCC(N)(CC)CNc1ccc([N+](=O)[O-])c2cccnc12. The molecule has 0 aliphatic heterocycles. The zero-order valence-corrected chi connectivity index (χ0v) is 12.3. The summed E-state index contributed by atoms with van der Waals surface area (Å²) >= 11 is 0. The molecule has 0 fully saturated rings. The number of anilines is 1. The molecule has 6 heteroatoms. The van der Waals surface area contributed by atoms with Crippen molar-refractivity contribution < 1.29 is 4.92 Å². The average Bonchev–Trinajstić information content (AvgIpc) is 2.52. The number of hydrogen-bond acceptors (Lipinski definition) is 5. The molecule has 0 spiro atoms. The minimum absolute atomic E-state index is 0.0636.